The van der Waals surface area contributed by atoms with E-state index in [1.165, 1.54) is 36.2 Å². The number of aryl methyl sites for hydroxylation is 1. The largest absolute Gasteiger partial charge is 0.493 e. The third kappa shape index (κ3) is 6.63. The van der Waals surface area contributed by atoms with Crippen LogP contribution >= 0.6 is 11.3 Å². The van der Waals surface area contributed by atoms with Gasteiger partial charge in [-0.1, -0.05) is 45.2 Å². The van der Waals surface area contributed by atoms with Crippen molar-refractivity contribution < 1.29 is 14.6 Å². The van der Waals surface area contributed by atoms with Crippen molar-refractivity contribution in [3.63, 3.8) is 0 Å². The molecule has 0 aliphatic heterocycles. The number of carbonyl (C=O) groups excluding carboxylic acids is 1. The van der Waals surface area contributed by atoms with Crippen LogP contribution < -0.4 is 5.69 Å². The minimum absolute atomic E-state index is 0.0885. The monoisotopic (exact) mass is 484 g/mol. The number of nitrogens with zero attached hydrogens (tertiary/aromatic N) is 1. The molecule has 3 aromatic rings. The van der Waals surface area contributed by atoms with Gasteiger partial charge in [0.15, 0.2) is 0 Å². The average Bonchev–Trinajstić information content (AvgIpc) is 3.38. The predicted octanol–water partition coefficient (Wildman–Crippen LogP) is 6.36. The molecule has 0 saturated carbocycles. The van der Waals surface area contributed by atoms with Gasteiger partial charge in [0.25, 0.3) is 0 Å². The fraction of sp³-hybridized carbons (Fsp3) is 0.481. The summed E-state index contributed by atoms with van der Waals surface area (Å²) in [7, 11) is 0. The van der Waals surface area contributed by atoms with Crippen LogP contribution in [0.4, 0.5) is 0 Å². The van der Waals surface area contributed by atoms with Crippen LogP contribution in [0.15, 0.2) is 41.2 Å². The second-order valence-corrected chi connectivity index (χ2v) is 10.3. The molecule has 3 rings (SSSR count). The Labute approximate surface area is 205 Å². The van der Waals surface area contributed by atoms with Crippen molar-refractivity contribution in [1.29, 1.82) is 0 Å². The third-order valence-electron chi connectivity index (χ3n) is 5.98. The Hall–Kier alpha value is -2.80. The van der Waals surface area contributed by atoms with Crippen LogP contribution in [0.1, 0.15) is 91.5 Å². The highest BCUT2D eigenvalue weighted by molar-refractivity contribution is 7.13. The second-order valence-electron chi connectivity index (χ2n) is 9.12. The maximum Gasteiger partial charge on any atom is 0.348 e. The number of carbonyl (C=O) groups is 1. The van der Waals surface area contributed by atoms with E-state index in [9.17, 15) is 14.7 Å². The summed E-state index contributed by atoms with van der Waals surface area (Å²) in [5, 5.41) is 10.4. The number of aromatic amines is 1. The molecule has 184 valence electrons. The highest BCUT2D eigenvalue weighted by atomic mass is 32.1. The van der Waals surface area contributed by atoms with Gasteiger partial charge in [-0.05, 0) is 75.3 Å². The van der Waals surface area contributed by atoms with Gasteiger partial charge in [0.2, 0.25) is 5.88 Å². The first kappa shape index (κ1) is 25.8. The zero-order chi connectivity index (χ0) is 24.7. The lowest BCUT2D eigenvalue weighted by molar-refractivity contribution is 0.0384. The Morgan fingerprint density at radius 2 is 1.79 bits per heavy atom. The van der Waals surface area contributed by atoms with Gasteiger partial charge in [-0.3, -0.25) is 9.55 Å². The van der Waals surface area contributed by atoms with Gasteiger partial charge in [-0.2, -0.15) is 0 Å². The van der Waals surface area contributed by atoms with E-state index >= 15 is 0 Å². The van der Waals surface area contributed by atoms with Crippen LogP contribution in [0.3, 0.4) is 0 Å². The van der Waals surface area contributed by atoms with E-state index in [2.05, 4.69) is 31.0 Å². The molecule has 0 spiro atoms. The van der Waals surface area contributed by atoms with E-state index < -0.39 is 0 Å². The molecule has 0 aliphatic carbocycles. The van der Waals surface area contributed by atoms with E-state index in [4.69, 9.17) is 4.74 Å². The van der Waals surface area contributed by atoms with Gasteiger partial charge in [-0.25, -0.2) is 9.59 Å². The van der Waals surface area contributed by atoms with Gasteiger partial charge in [-0.15, -0.1) is 11.3 Å². The molecule has 6 nitrogen and oxygen atoms in total. The van der Waals surface area contributed by atoms with E-state index in [0.29, 0.717) is 22.9 Å². The van der Waals surface area contributed by atoms with Crippen molar-refractivity contribution in [3.05, 3.63) is 67.9 Å². The normalized spacial score (nSPS) is 12.3. The molecule has 0 bridgehead atoms. The quantitative estimate of drug-likeness (QED) is 0.231. The van der Waals surface area contributed by atoms with E-state index in [1.54, 1.807) is 10.6 Å². The van der Waals surface area contributed by atoms with Crippen molar-refractivity contribution in [1.82, 2.24) is 9.55 Å². The molecule has 0 radical (unpaired) electrons. The van der Waals surface area contributed by atoms with Gasteiger partial charge >= 0.3 is 11.7 Å². The summed E-state index contributed by atoms with van der Waals surface area (Å²) in [6, 6.07) is 11.8. The first-order valence-electron chi connectivity index (χ1n) is 12.2. The lowest BCUT2D eigenvalue weighted by Gasteiger charge is -2.13. The highest BCUT2D eigenvalue weighted by Gasteiger charge is 2.17. The Kier molecular flexibility index (Phi) is 9.16. The van der Waals surface area contributed by atoms with E-state index in [0.717, 1.165) is 29.8 Å². The van der Waals surface area contributed by atoms with E-state index in [-0.39, 0.29) is 23.6 Å². The Morgan fingerprint density at radius 3 is 2.47 bits per heavy atom. The van der Waals surface area contributed by atoms with Crippen molar-refractivity contribution in [2.24, 2.45) is 0 Å². The maximum atomic E-state index is 12.6. The third-order valence-corrected chi connectivity index (χ3v) is 7.10. The summed E-state index contributed by atoms with van der Waals surface area (Å²) >= 11 is 1.43. The number of hydrogen-bond acceptors (Lipinski definition) is 5. The van der Waals surface area contributed by atoms with Crippen LogP contribution in [-0.4, -0.2) is 26.7 Å². The first-order valence-corrected chi connectivity index (χ1v) is 13.0. The summed E-state index contributed by atoms with van der Waals surface area (Å²) in [5.41, 5.74) is 2.24. The molecule has 0 saturated heterocycles. The lowest BCUT2D eigenvalue weighted by atomic mass is 9.95. The van der Waals surface area contributed by atoms with Crippen LogP contribution in [0.25, 0.3) is 5.69 Å². The zero-order valence-electron chi connectivity index (χ0n) is 20.6. The molecule has 0 fully saturated rings. The summed E-state index contributed by atoms with van der Waals surface area (Å²) < 4.78 is 6.81. The number of hydrogen-bond donors (Lipinski definition) is 2. The highest BCUT2D eigenvalue weighted by Crippen LogP contribution is 2.25. The first-order chi connectivity index (χ1) is 16.3. The number of unbranched alkanes of at least 4 members (excludes halogenated alkanes) is 2. The average molecular weight is 485 g/mol. The molecule has 1 aromatic carbocycles. The summed E-state index contributed by atoms with van der Waals surface area (Å²) in [6.45, 7) is 8.11. The molecule has 1 unspecified atom stereocenters. The molecule has 0 amide bonds. The van der Waals surface area contributed by atoms with E-state index in [1.807, 2.05) is 32.0 Å². The Balaban J connectivity index is 1.66. The van der Waals surface area contributed by atoms with Crippen molar-refractivity contribution in [2.45, 2.75) is 84.7 Å². The van der Waals surface area contributed by atoms with Gasteiger partial charge in [0, 0.05) is 4.88 Å². The number of benzene rings is 1. The van der Waals surface area contributed by atoms with Crippen LogP contribution in [0.5, 0.6) is 5.88 Å². The lowest BCUT2D eigenvalue weighted by Crippen LogP contribution is -2.17. The molecule has 7 heteroatoms. The topological polar surface area (TPSA) is 84.3 Å². The summed E-state index contributed by atoms with van der Waals surface area (Å²) in [5.74, 6) is 0.0887. The molecule has 1 atom stereocenters. The molecular weight excluding hydrogens is 448 g/mol. The number of aromatic nitrogens is 2. The molecule has 2 heterocycles. The SMILES string of the molecule is CCCCCC(C)c1ccc(-n2c(CCCc3ccc(C(=O)OC(C)C)s3)c(O)[nH]c2=O)cc1. The second kappa shape index (κ2) is 12.1. The van der Waals surface area contributed by atoms with Crippen LogP contribution in [-0.2, 0) is 17.6 Å². The fourth-order valence-electron chi connectivity index (χ4n) is 4.10. The number of ether oxygens (including phenoxy) is 1. The van der Waals surface area contributed by atoms with Crippen molar-refractivity contribution in [2.75, 3.05) is 0 Å². The number of imidazole rings is 1. The molecule has 2 N–H and O–H groups in total. The number of aromatic hydroxyl groups is 1. The summed E-state index contributed by atoms with van der Waals surface area (Å²) in [6.07, 6.45) is 6.70. The number of thiophene rings is 1. The van der Waals surface area contributed by atoms with Crippen molar-refractivity contribution >= 4 is 17.3 Å². The Bertz CT molecular complexity index is 1120. The number of nitrogens with one attached hydrogen (secondary N) is 1. The zero-order valence-corrected chi connectivity index (χ0v) is 21.4. The van der Waals surface area contributed by atoms with Gasteiger partial charge in [0.1, 0.15) is 4.88 Å². The number of rotatable bonds is 12. The molecule has 2 aromatic heterocycles. The number of H-pyrrole nitrogens is 1. The fourth-order valence-corrected chi connectivity index (χ4v) is 5.04. The molecule has 34 heavy (non-hydrogen) atoms. The minimum Gasteiger partial charge on any atom is -0.493 e. The van der Waals surface area contributed by atoms with Gasteiger partial charge in [0.05, 0.1) is 17.5 Å². The minimum atomic E-state index is -0.342. The van der Waals surface area contributed by atoms with Crippen LogP contribution in [0, 0.1) is 0 Å². The predicted molar refractivity (Wildman–Crippen MR) is 138 cm³/mol. The van der Waals surface area contributed by atoms with Crippen LogP contribution in [0.2, 0.25) is 0 Å². The number of esters is 1. The molecule has 0 aliphatic rings. The standard InChI is InChI=1S/C27H36N2O4S/c1-5-6-7-9-19(4)20-12-14-21(15-13-20)29-23(25(30)28-27(29)32)11-8-10-22-16-17-24(34-22)26(31)33-18(2)3/h12-19,30H,5-11H2,1-4H3,(H,28,32). The summed E-state index contributed by atoms with van der Waals surface area (Å²) in [4.78, 5) is 28.8. The van der Waals surface area contributed by atoms with Gasteiger partial charge < -0.3 is 9.84 Å². The molecular formula is C27H36N2O4S. The smallest absolute Gasteiger partial charge is 0.348 e. The maximum absolute atomic E-state index is 12.6. The Morgan fingerprint density at radius 1 is 1.06 bits per heavy atom. The van der Waals surface area contributed by atoms with Crippen molar-refractivity contribution in [3.8, 4) is 11.6 Å².